The van der Waals surface area contributed by atoms with Crippen LogP contribution < -0.4 is 10.5 Å². The van der Waals surface area contributed by atoms with Crippen molar-refractivity contribution in [2.45, 2.75) is 31.2 Å². The molecule has 0 radical (unpaired) electrons. The summed E-state index contributed by atoms with van der Waals surface area (Å²) in [7, 11) is -1.18. The summed E-state index contributed by atoms with van der Waals surface area (Å²) in [5.74, 6) is 0.300. The zero-order chi connectivity index (χ0) is 17.8. The molecule has 0 aliphatic carbocycles. The highest BCUT2D eigenvalue weighted by atomic mass is 32.2. The molecule has 0 heterocycles. The Kier molecular flexibility index (Phi) is 6.48. The summed E-state index contributed by atoms with van der Waals surface area (Å²) in [6.45, 7) is 4.14. The first-order valence-electron chi connectivity index (χ1n) is 7.15. The maximum atomic E-state index is 12.7. The molecule has 0 spiro atoms. The fourth-order valence-electron chi connectivity index (χ4n) is 1.93. The van der Waals surface area contributed by atoms with E-state index in [0.717, 1.165) is 10.4 Å². The third-order valence-corrected chi connectivity index (χ3v) is 5.56. The number of nitrogens with zero attached hydrogens (tertiary/aromatic N) is 2. The van der Waals surface area contributed by atoms with E-state index in [1.165, 1.54) is 26.3 Å². The van der Waals surface area contributed by atoms with Crippen molar-refractivity contribution in [3.8, 4) is 5.75 Å². The molecule has 23 heavy (non-hydrogen) atoms. The van der Waals surface area contributed by atoms with Crippen LogP contribution >= 0.6 is 0 Å². The van der Waals surface area contributed by atoms with Gasteiger partial charge in [0, 0.05) is 31.8 Å². The summed E-state index contributed by atoms with van der Waals surface area (Å²) in [5, 5.41) is 10.9. The topological polar surface area (TPSA) is 116 Å². The van der Waals surface area contributed by atoms with Crippen LogP contribution in [0.5, 0.6) is 5.75 Å². The van der Waals surface area contributed by atoms with E-state index >= 15 is 0 Å². The van der Waals surface area contributed by atoms with E-state index in [0.29, 0.717) is 6.42 Å². The normalized spacial score (nSPS) is 13.3. The molecule has 1 atom stereocenters. The fraction of sp³-hybridized carbons (Fsp3) is 0.571. The molecule has 1 aromatic carbocycles. The summed E-state index contributed by atoms with van der Waals surface area (Å²) in [5.41, 5.74) is 5.62. The Labute approximate surface area is 136 Å². The highest BCUT2D eigenvalue weighted by Crippen LogP contribution is 2.30. The Balaban J connectivity index is 3.11. The van der Waals surface area contributed by atoms with Crippen molar-refractivity contribution in [1.82, 2.24) is 4.31 Å². The number of sulfonamides is 1. The molecule has 1 rings (SSSR count). The maximum absolute atomic E-state index is 12.7. The summed E-state index contributed by atoms with van der Waals surface area (Å²) in [6, 6.07) is 3.36. The average molecular weight is 345 g/mol. The lowest BCUT2D eigenvalue weighted by molar-refractivity contribution is -0.385. The lowest BCUT2D eigenvalue weighted by Gasteiger charge is -2.22. The van der Waals surface area contributed by atoms with Crippen molar-refractivity contribution in [3.63, 3.8) is 0 Å². The molecule has 0 amide bonds. The number of non-ortho nitro benzene ring substituents is 1. The van der Waals surface area contributed by atoms with Crippen LogP contribution in [0.2, 0.25) is 0 Å². The second-order valence-corrected chi connectivity index (χ2v) is 7.63. The molecular formula is C14H23N3O5S. The second kappa shape index (κ2) is 7.71. The monoisotopic (exact) mass is 345 g/mol. The van der Waals surface area contributed by atoms with E-state index in [9.17, 15) is 18.5 Å². The molecule has 0 saturated heterocycles. The van der Waals surface area contributed by atoms with Gasteiger partial charge in [-0.05, 0) is 18.4 Å². The zero-order valence-electron chi connectivity index (χ0n) is 13.7. The standard InChI is InChI=1S/C14H23N3O5S/c1-10(2)12(15)7-8-16(3)23(20,21)14-9-11(17(18)19)5-6-13(14)22-4/h5-6,9-10,12H,7-8,15H2,1-4H3. The Morgan fingerprint density at radius 3 is 2.48 bits per heavy atom. The van der Waals surface area contributed by atoms with Gasteiger partial charge in [0.2, 0.25) is 10.0 Å². The van der Waals surface area contributed by atoms with Gasteiger partial charge in [-0.15, -0.1) is 0 Å². The van der Waals surface area contributed by atoms with E-state index in [1.807, 2.05) is 13.8 Å². The Bertz CT molecular complexity index is 660. The molecule has 2 N–H and O–H groups in total. The van der Waals surface area contributed by atoms with E-state index in [1.54, 1.807) is 0 Å². The first-order chi connectivity index (χ1) is 10.6. The smallest absolute Gasteiger partial charge is 0.271 e. The Morgan fingerprint density at radius 2 is 2.00 bits per heavy atom. The minimum absolute atomic E-state index is 0.0654. The van der Waals surface area contributed by atoms with Crippen molar-refractivity contribution >= 4 is 15.7 Å². The molecule has 1 unspecified atom stereocenters. The van der Waals surface area contributed by atoms with E-state index in [-0.39, 0.29) is 34.8 Å². The highest BCUT2D eigenvalue weighted by molar-refractivity contribution is 7.89. The largest absolute Gasteiger partial charge is 0.495 e. The number of ether oxygens (including phenoxy) is 1. The van der Waals surface area contributed by atoms with Crippen molar-refractivity contribution in [1.29, 1.82) is 0 Å². The molecule has 0 aromatic heterocycles. The SMILES string of the molecule is COc1ccc([N+](=O)[O-])cc1S(=O)(=O)N(C)CCC(N)C(C)C. The Hall–Kier alpha value is -1.71. The molecule has 0 aliphatic rings. The molecule has 0 fully saturated rings. The molecular weight excluding hydrogens is 322 g/mol. The average Bonchev–Trinajstić information content (AvgIpc) is 2.50. The quantitative estimate of drug-likeness (QED) is 0.565. The number of rotatable bonds is 8. The van der Waals surface area contributed by atoms with Crippen molar-refractivity contribution < 1.29 is 18.1 Å². The van der Waals surface area contributed by atoms with Gasteiger partial charge in [0.05, 0.1) is 12.0 Å². The van der Waals surface area contributed by atoms with Gasteiger partial charge in [-0.3, -0.25) is 10.1 Å². The molecule has 130 valence electrons. The van der Waals surface area contributed by atoms with Crippen LogP contribution in [0.15, 0.2) is 23.1 Å². The molecule has 0 bridgehead atoms. The van der Waals surface area contributed by atoms with Gasteiger partial charge in [0.15, 0.2) is 0 Å². The predicted octanol–water partition coefficient (Wildman–Crippen LogP) is 1.60. The van der Waals surface area contributed by atoms with E-state index in [4.69, 9.17) is 10.5 Å². The molecule has 9 heteroatoms. The molecule has 8 nitrogen and oxygen atoms in total. The number of methoxy groups -OCH3 is 1. The minimum atomic E-state index is -3.91. The number of hydrogen-bond donors (Lipinski definition) is 1. The summed E-state index contributed by atoms with van der Waals surface area (Å²) >= 11 is 0. The number of nitro groups is 1. The molecule has 0 saturated carbocycles. The van der Waals surface area contributed by atoms with Crippen molar-refractivity contribution in [2.75, 3.05) is 20.7 Å². The number of nitrogens with two attached hydrogens (primary N) is 1. The lowest BCUT2D eigenvalue weighted by Crippen LogP contribution is -2.34. The van der Waals surface area contributed by atoms with Gasteiger partial charge < -0.3 is 10.5 Å². The van der Waals surface area contributed by atoms with Gasteiger partial charge in [-0.25, -0.2) is 12.7 Å². The summed E-state index contributed by atoms with van der Waals surface area (Å²) < 4.78 is 31.5. The third-order valence-electron chi connectivity index (χ3n) is 3.68. The van der Waals surface area contributed by atoms with E-state index < -0.39 is 14.9 Å². The van der Waals surface area contributed by atoms with E-state index in [2.05, 4.69) is 0 Å². The third kappa shape index (κ3) is 4.63. The van der Waals surface area contributed by atoms with Crippen LogP contribution in [-0.2, 0) is 10.0 Å². The van der Waals surface area contributed by atoms with Gasteiger partial charge in [-0.2, -0.15) is 0 Å². The first-order valence-corrected chi connectivity index (χ1v) is 8.59. The maximum Gasteiger partial charge on any atom is 0.271 e. The minimum Gasteiger partial charge on any atom is -0.495 e. The van der Waals surface area contributed by atoms with Crippen molar-refractivity contribution in [2.24, 2.45) is 11.7 Å². The van der Waals surface area contributed by atoms with Crippen LogP contribution in [-0.4, -0.2) is 44.4 Å². The first kappa shape index (κ1) is 19.3. The highest BCUT2D eigenvalue weighted by Gasteiger charge is 2.27. The van der Waals surface area contributed by atoms with Crippen molar-refractivity contribution in [3.05, 3.63) is 28.3 Å². The fourth-order valence-corrected chi connectivity index (χ4v) is 3.29. The number of benzene rings is 1. The zero-order valence-corrected chi connectivity index (χ0v) is 14.5. The second-order valence-electron chi connectivity index (χ2n) is 5.62. The van der Waals surface area contributed by atoms with Gasteiger partial charge in [-0.1, -0.05) is 13.8 Å². The van der Waals surface area contributed by atoms with Crippen LogP contribution in [0.4, 0.5) is 5.69 Å². The molecule has 1 aromatic rings. The molecule has 0 aliphatic heterocycles. The van der Waals surface area contributed by atoms with Gasteiger partial charge >= 0.3 is 0 Å². The predicted molar refractivity (Wildman–Crippen MR) is 86.9 cm³/mol. The lowest BCUT2D eigenvalue weighted by atomic mass is 10.0. The number of nitro benzene ring substituents is 1. The van der Waals surface area contributed by atoms with Gasteiger partial charge in [0.1, 0.15) is 10.6 Å². The Morgan fingerprint density at radius 1 is 1.39 bits per heavy atom. The summed E-state index contributed by atoms with van der Waals surface area (Å²) in [6.07, 6.45) is 0.491. The van der Waals surface area contributed by atoms with Crippen LogP contribution in [0, 0.1) is 16.0 Å². The summed E-state index contributed by atoms with van der Waals surface area (Å²) in [4.78, 5) is 10.0. The van der Waals surface area contributed by atoms with Crippen LogP contribution in [0.3, 0.4) is 0 Å². The van der Waals surface area contributed by atoms with Gasteiger partial charge in [0.25, 0.3) is 5.69 Å². The number of hydrogen-bond acceptors (Lipinski definition) is 6. The van der Waals surface area contributed by atoms with Crippen LogP contribution in [0.1, 0.15) is 20.3 Å². The van der Waals surface area contributed by atoms with Crippen LogP contribution in [0.25, 0.3) is 0 Å².